The zero-order valence-corrected chi connectivity index (χ0v) is 7.67. The molecule has 0 atom stereocenters. The second kappa shape index (κ2) is 5.44. The van der Waals surface area contributed by atoms with Crippen molar-refractivity contribution in [3.63, 3.8) is 0 Å². The summed E-state index contributed by atoms with van der Waals surface area (Å²) in [5, 5.41) is 0. The number of aromatic amines is 1. The van der Waals surface area contributed by atoms with Gasteiger partial charge in [-0.25, -0.2) is 4.98 Å². The van der Waals surface area contributed by atoms with Gasteiger partial charge in [0.05, 0.1) is 0 Å². The van der Waals surface area contributed by atoms with E-state index in [-0.39, 0.29) is 0 Å². The predicted octanol–water partition coefficient (Wildman–Crippen LogP) is 2.45. The van der Waals surface area contributed by atoms with Crippen molar-refractivity contribution in [3.8, 4) is 0 Å². The van der Waals surface area contributed by atoms with Crippen LogP contribution in [0.3, 0.4) is 0 Å². The fourth-order valence-corrected chi connectivity index (χ4v) is 0.569. The Labute approximate surface area is 71.1 Å². The molecule has 4 heteroatoms. The second-order valence-electron chi connectivity index (χ2n) is 1.28. The highest BCUT2D eigenvalue weighted by atomic mass is 32.1. The van der Waals surface area contributed by atoms with Crippen molar-refractivity contribution in [1.29, 1.82) is 0 Å². The van der Waals surface area contributed by atoms with Crippen LogP contribution >= 0.6 is 24.8 Å². The summed E-state index contributed by atoms with van der Waals surface area (Å²) in [7, 11) is 0. The fourth-order valence-electron chi connectivity index (χ4n) is 0.335. The quantitative estimate of drug-likeness (QED) is 0.467. The van der Waals surface area contributed by atoms with Gasteiger partial charge in [0.2, 0.25) is 0 Å². The zero-order valence-electron chi connectivity index (χ0n) is 5.96. The molecule has 0 unspecified atom stereocenters. The molecule has 2 nitrogen and oxygen atoms in total. The Bertz CT molecular complexity index is 211. The molecule has 0 aromatic carbocycles. The molecule has 0 aliphatic carbocycles. The fraction of sp³-hybridized carbons (Fsp3) is 0.333. The number of hydrogen-bond acceptors (Lipinski definition) is 3. The largest absolute Gasteiger partial charge is 0.336 e. The molecule has 0 saturated carbocycles. The van der Waals surface area contributed by atoms with Gasteiger partial charge in [-0.1, -0.05) is 13.8 Å². The molecule has 0 radical (unpaired) electrons. The highest BCUT2D eigenvalue weighted by Crippen LogP contribution is 1.96. The Morgan fingerprint density at radius 1 is 1.60 bits per heavy atom. The van der Waals surface area contributed by atoms with Crippen molar-refractivity contribution in [3.05, 3.63) is 17.2 Å². The summed E-state index contributed by atoms with van der Waals surface area (Å²) in [6.45, 7) is 4.00. The molecule has 10 heavy (non-hydrogen) atoms. The van der Waals surface area contributed by atoms with Crippen molar-refractivity contribution in [2.45, 2.75) is 18.7 Å². The molecule has 1 heterocycles. The lowest BCUT2D eigenvalue weighted by Crippen LogP contribution is -1.77. The maximum Gasteiger partial charge on any atom is 0.196 e. The number of H-pyrrole nitrogens is 1. The molecule has 0 fully saturated rings. The third-order valence-electron chi connectivity index (χ3n) is 0.658. The van der Waals surface area contributed by atoms with Gasteiger partial charge in [-0.2, -0.15) is 0 Å². The molecule has 1 N–H and O–H groups in total. The van der Waals surface area contributed by atoms with Crippen molar-refractivity contribution in [1.82, 2.24) is 9.97 Å². The average Bonchev–Trinajstić information content (AvgIpc) is 2.00. The van der Waals surface area contributed by atoms with Gasteiger partial charge in [0.1, 0.15) is 0 Å². The van der Waals surface area contributed by atoms with Crippen LogP contribution in [0.5, 0.6) is 0 Å². The van der Waals surface area contributed by atoms with E-state index in [1.807, 2.05) is 13.8 Å². The van der Waals surface area contributed by atoms with Crippen LogP contribution < -0.4 is 0 Å². The minimum Gasteiger partial charge on any atom is -0.336 e. The number of rotatable bonds is 0. The Balaban J connectivity index is 0.000000371. The summed E-state index contributed by atoms with van der Waals surface area (Å²) in [4.78, 5) is 7.28. The standard InChI is InChI=1S/C4H4N2S2.C2H6/c7-3-1-5-4(8)6-2-3;1-2/h1-2,7H,(H,5,6,8);1-2H3. The second-order valence-corrected chi connectivity index (χ2v) is 2.18. The van der Waals surface area contributed by atoms with E-state index in [1.54, 1.807) is 12.4 Å². The lowest BCUT2D eigenvalue weighted by Gasteiger charge is -1.84. The molecular weight excluding hydrogens is 164 g/mol. The van der Waals surface area contributed by atoms with Gasteiger partial charge in [0.25, 0.3) is 0 Å². The van der Waals surface area contributed by atoms with E-state index < -0.39 is 0 Å². The summed E-state index contributed by atoms with van der Waals surface area (Å²) < 4.78 is 0.489. The normalized spacial score (nSPS) is 7.90. The molecule has 56 valence electrons. The first-order valence-corrected chi connectivity index (χ1v) is 3.88. The SMILES string of the molecule is CC.S=c1ncc(S)c[nH]1. The van der Waals surface area contributed by atoms with E-state index in [1.165, 1.54) is 0 Å². The maximum atomic E-state index is 4.67. The van der Waals surface area contributed by atoms with Gasteiger partial charge in [0, 0.05) is 17.3 Å². The Kier molecular flexibility index (Phi) is 5.25. The third-order valence-corrected chi connectivity index (χ3v) is 1.13. The highest BCUT2D eigenvalue weighted by Gasteiger charge is 1.78. The lowest BCUT2D eigenvalue weighted by molar-refractivity contribution is 1.07. The van der Waals surface area contributed by atoms with Gasteiger partial charge in [-0.15, -0.1) is 12.6 Å². The third kappa shape index (κ3) is 3.63. The first kappa shape index (κ1) is 9.65. The van der Waals surface area contributed by atoms with Crippen LogP contribution in [0.15, 0.2) is 17.3 Å². The molecule has 0 aliphatic rings. The summed E-state index contributed by atoms with van der Waals surface area (Å²) >= 11 is 8.66. The molecular formula is C6H10N2S2. The first-order valence-electron chi connectivity index (χ1n) is 3.03. The van der Waals surface area contributed by atoms with Gasteiger partial charge >= 0.3 is 0 Å². The van der Waals surface area contributed by atoms with Crippen LogP contribution in [0, 0.1) is 4.77 Å². The van der Waals surface area contributed by atoms with Crippen LogP contribution in [-0.4, -0.2) is 9.97 Å². The Morgan fingerprint density at radius 2 is 2.20 bits per heavy atom. The minimum atomic E-state index is 0.489. The summed E-state index contributed by atoms with van der Waals surface area (Å²) in [6.07, 6.45) is 3.29. The van der Waals surface area contributed by atoms with Crippen molar-refractivity contribution in [2.24, 2.45) is 0 Å². The van der Waals surface area contributed by atoms with E-state index >= 15 is 0 Å². The molecule has 1 rings (SSSR count). The number of aromatic nitrogens is 2. The van der Waals surface area contributed by atoms with Gasteiger partial charge in [0.15, 0.2) is 4.77 Å². The van der Waals surface area contributed by atoms with Crippen molar-refractivity contribution >= 4 is 24.8 Å². The summed E-state index contributed by atoms with van der Waals surface area (Å²) in [6, 6.07) is 0. The highest BCUT2D eigenvalue weighted by molar-refractivity contribution is 7.80. The van der Waals surface area contributed by atoms with E-state index in [0.717, 1.165) is 4.90 Å². The molecule has 1 aromatic rings. The van der Waals surface area contributed by atoms with Gasteiger partial charge in [-0.05, 0) is 12.2 Å². The van der Waals surface area contributed by atoms with Crippen LogP contribution in [0.25, 0.3) is 0 Å². The van der Waals surface area contributed by atoms with Crippen molar-refractivity contribution < 1.29 is 0 Å². The number of thiol groups is 1. The van der Waals surface area contributed by atoms with E-state index in [4.69, 9.17) is 0 Å². The lowest BCUT2D eigenvalue weighted by atomic mass is 10.7. The number of hydrogen-bond donors (Lipinski definition) is 2. The Hall–Kier alpha value is -0.350. The average molecular weight is 174 g/mol. The van der Waals surface area contributed by atoms with Gasteiger partial charge < -0.3 is 4.98 Å². The molecule has 0 bridgehead atoms. The molecule has 0 saturated heterocycles. The molecule has 1 aromatic heterocycles. The van der Waals surface area contributed by atoms with Crippen LogP contribution in [0.1, 0.15) is 13.8 Å². The monoisotopic (exact) mass is 174 g/mol. The van der Waals surface area contributed by atoms with Crippen LogP contribution in [-0.2, 0) is 0 Å². The molecule has 0 amide bonds. The van der Waals surface area contributed by atoms with E-state index in [0.29, 0.717) is 4.77 Å². The smallest absolute Gasteiger partial charge is 0.196 e. The Morgan fingerprint density at radius 3 is 2.50 bits per heavy atom. The summed E-state index contributed by atoms with van der Waals surface area (Å²) in [5.41, 5.74) is 0. The molecule has 0 spiro atoms. The first-order chi connectivity index (χ1) is 4.79. The topological polar surface area (TPSA) is 28.7 Å². The van der Waals surface area contributed by atoms with E-state index in [2.05, 4.69) is 34.8 Å². The van der Waals surface area contributed by atoms with Crippen LogP contribution in [0.4, 0.5) is 0 Å². The van der Waals surface area contributed by atoms with Crippen LogP contribution in [0.2, 0.25) is 0 Å². The maximum absolute atomic E-state index is 4.67. The van der Waals surface area contributed by atoms with Crippen molar-refractivity contribution in [2.75, 3.05) is 0 Å². The number of nitrogens with one attached hydrogen (secondary N) is 1. The minimum absolute atomic E-state index is 0.489. The molecule has 0 aliphatic heterocycles. The summed E-state index contributed by atoms with van der Waals surface area (Å²) in [5.74, 6) is 0. The predicted molar refractivity (Wildman–Crippen MR) is 48.0 cm³/mol. The van der Waals surface area contributed by atoms with Gasteiger partial charge in [-0.3, -0.25) is 0 Å². The zero-order chi connectivity index (χ0) is 7.98. The van der Waals surface area contributed by atoms with E-state index in [9.17, 15) is 0 Å². The number of nitrogens with zero attached hydrogens (tertiary/aromatic N) is 1.